The van der Waals surface area contributed by atoms with Crippen molar-refractivity contribution in [2.24, 2.45) is 10.1 Å². The highest BCUT2D eigenvalue weighted by molar-refractivity contribution is 7.89. The number of halogens is 2. The average molecular weight is 426 g/mol. The molecule has 0 unspecified atom stereocenters. The second kappa shape index (κ2) is 10.2. The van der Waals surface area contributed by atoms with Gasteiger partial charge in [-0.1, -0.05) is 29.8 Å². The van der Waals surface area contributed by atoms with Gasteiger partial charge in [0.1, 0.15) is 5.75 Å². The zero-order chi connectivity index (χ0) is 21.4. The number of alkyl halides is 2. The molecule has 0 aliphatic carbocycles. The number of primary sulfonamides is 1. The van der Waals surface area contributed by atoms with Gasteiger partial charge in [-0.05, 0) is 37.6 Å². The van der Waals surface area contributed by atoms with Gasteiger partial charge in [-0.2, -0.15) is 8.78 Å². The monoisotopic (exact) mass is 426 g/mol. The molecule has 0 fully saturated rings. The summed E-state index contributed by atoms with van der Waals surface area (Å²) in [6, 6.07) is 11.1. The minimum absolute atomic E-state index is 0.0290. The molecule has 4 N–H and O–H groups in total. The van der Waals surface area contributed by atoms with Crippen molar-refractivity contribution in [1.29, 1.82) is 0 Å². The van der Waals surface area contributed by atoms with Gasteiger partial charge in [-0.15, -0.1) is 0 Å². The van der Waals surface area contributed by atoms with E-state index in [1.54, 1.807) is 24.3 Å². The lowest BCUT2D eigenvalue weighted by atomic mass is 10.1. The molecule has 7 nitrogen and oxygen atoms in total. The fourth-order valence-electron chi connectivity index (χ4n) is 2.53. The molecule has 0 atom stereocenters. The Labute approximate surface area is 169 Å². The van der Waals surface area contributed by atoms with Crippen molar-refractivity contribution in [3.63, 3.8) is 0 Å². The molecule has 0 aromatic heterocycles. The summed E-state index contributed by atoms with van der Waals surface area (Å²) < 4.78 is 52.4. The van der Waals surface area contributed by atoms with Crippen LogP contribution in [-0.2, 0) is 23.1 Å². The van der Waals surface area contributed by atoms with Gasteiger partial charge in [0.15, 0.2) is 5.96 Å². The Kier molecular flexibility index (Phi) is 7.91. The SMILES string of the molecule is CCNC(=NCc1ccc(S(N)(=O)=O)cc1)NCc1cc(C)ccc1OC(F)F. The lowest BCUT2D eigenvalue weighted by Crippen LogP contribution is -2.36. The lowest BCUT2D eigenvalue weighted by molar-refractivity contribution is -0.0504. The number of sulfonamides is 1. The van der Waals surface area contributed by atoms with Crippen LogP contribution < -0.4 is 20.5 Å². The molecular formula is C19H24F2N4O3S. The normalized spacial score (nSPS) is 12.1. The van der Waals surface area contributed by atoms with Crippen LogP contribution in [0.4, 0.5) is 8.78 Å². The van der Waals surface area contributed by atoms with Crippen LogP contribution in [0.25, 0.3) is 0 Å². The van der Waals surface area contributed by atoms with Crippen LogP contribution in [0.2, 0.25) is 0 Å². The smallest absolute Gasteiger partial charge is 0.387 e. The molecule has 2 aromatic carbocycles. The van der Waals surface area contributed by atoms with Crippen LogP contribution in [0, 0.1) is 6.92 Å². The highest BCUT2D eigenvalue weighted by atomic mass is 32.2. The van der Waals surface area contributed by atoms with E-state index in [1.165, 1.54) is 18.2 Å². The fraction of sp³-hybridized carbons (Fsp3) is 0.316. The molecule has 0 heterocycles. The number of rotatable bonds is 8. The molecule has 0 saturated heterocycles. The number of nitrogens with two attached hydrogens (primary N) is 1. The Balaban J connectivity index is 2.09. The van der Waals surface area contributed by atoms with Crippen molar-refractivity contribution in [3.05, 3.63) is 59.2 Å². The third kappa shape index (κ3) is 7.31. The van der Waals surface area contributed by atoms with Crippen molar-refractivity contribution in [2.75, 3.05) is 6.54 Å². The van der Waals surface area contributed by atoms with E-state index in [1.807, 2.05) is 13.8 Å². The molecule has 29 heavy (non-hydrogen) atoms. The van der Waals surface area contributed by atoms with E-state index in [0.717, 1.165) is 11.1 Å². The van der Waals surface area contributed by atoms with E-state index in [-0.39, 0.29) is 23.7 Å². The summed E-state index contributed by atoms with van der Waals surface area (Å²) in [5.41, 5.74) is 2.28. The number of nitrogens with zero attached hydrogens (tertiary/aromatic N) is 1. The molecule has 0 amide bonds. The van der Waals surface area contributed by atoms with Crippen LogP contribution in [0.1, 0.15) is 23.6 Å². The number of aryl methyl sites for hydroxylation is 1. The van der Waals surface area contributed by atoms with Gasteiger partial charge in [0.05, 0.1) is 11.4 Å². The molecule has 0 bridgehead atoms. The van der Waals surface area contributed by atoms with Crippen LogP contribution in [0.3, 0.4) is 0 Å². The van der Waals surface area contributed by atoms with Crippen molar-refractivity contribution < 1.29 is 21.9 Å². The first-order valence-corrected chi connectivity index (χ1v) is 10.4. The van der Waals surface area contributed by atoms with E-state index >= 15 is 0 Å². The average Bonchev–Trinajstić information content (AvgIpc) is 2.65. The minimum Gasteiger partial charge on any atom is -0.434 e. The van der Waals surface area contributed by atoms with Gasteiger partial charge < -0.3 is 15.4 Å². The molecular weight excluding hydrogens is 402 g/mol. The summed E-state index contributed by atoms with van der Waals surface area (Å²) >= 11 is 0. The van der Waals surface area contributed by atoms with Gasteiger partial charge in [-0.25, -0.2) is 18.5 Å². The first-order valence-electron chi connectivity index (χ1n) is 8.87. The summed E-state index contributed by atoms with van der Waals surface area (Å²) in [4.78, 5) is 4.46. The van der Waals surface area contributed by atoms with E-state index < -0.39 is 16.6 Å². The maximum Gasteiger partial charge on any atom is 0.387 e. The number of hydrogen-bond acceptors (Lipinski definition) is 4. The predicted octanol–water partition coefficient (Wildman–Crippen LogP) is 2.50. The van der Waals surface area contributed by atoms with E-state index in [9.17, 15) is 17.2 Å². The van der Waals surface area contributed by atoms with Crippen LogP contribution in [0.15, 0.2) is 52.4 Å². The number of guanidine groups is 1. The molecule has 0 spiro atoms. The molecule has 2 aromatic rings. The van der Waals surface area contributed by atoms with Crippen molar-refractivity contribution in [1.82, 2.24) is 10.6 Å². The van der Waals surface area contributed by atoms with Crippen molar-refractivity contribution in [3.8, 4) is 5.75 Å². The molecule has 0 radical (unpaired) electrons. The zero-order valence-corrected chi connectivity index (χ0v) is 17.0. The van der Waals surface area contributed by atoms with Crippen LogP contribution in [-0.4, -0.2) is 27.5 Å². The molecule has 0 aliphatic heterocycles. The number of nitrogens with one attached hydrogen (secondary N) is 2. The second-order valence-corrected chi connectivity index (χ2v) is 7.79. The Morgan fingerprint density at radius 1 is 1.17 bits per heavy atom. The van der Waals surface area contributed by atoms with Gasteiger partial charge in [-0.3, -0.25) is 0 Å². The first-order chi connectivity index (χ1) is 13.7. The van der Waals surface area contributed by atoms with E-state index in [4.69, 9.17) is 5.14 Å². The van der Waals surface area contributed by atoms with Crippen LogP contribution in [0.5, 0.6) is 5.75 Å². The largest absolute Gasteiger partial charge is 0.434 e. The number of hydrogen-bond donors (Lipinski definition) is 3. The summed E-state index contributed by atoms with van der Waals surface area (Å²) in [5.74, 6) is 0.583. The zero-order valence-electron chi connectivity index (χ0n) is 16.2. The van der Waals surface area contributed by atoms with E-state index in [2.05, 4.69) is 20.4 Å². The third-order valence-electron chi connectivity index (χ3n) is 3.89. The number of aliphatic imine (C=N–C) groups is 1. The standard InChI is InChI=1S/C19H24F2N4O3S/c1-3-23-19(24-11-14-5-7-16(8-6-14)29(22,26)27)25-12-15-10-13(2)4-9-17(15)28-18(20)21/h4-10,18H,3,11-12H2,1-2H3,(H2,22,26,27)(H2,23,24,25). The Morgan fingerprint density at radius 3 is 2.45 bits per heavy atom. The number of ether oxygens (including phenoxy) is 1. The quantitative estimate of drug-likeness (QED) is 0.444. The second-order valence-electron chi connectivity index (χ2n) is 6.23. The molecule has 2 rings (SSSR count). The minimum atomic E-state index is -3.74. The van der Waals surface area contributed by atoms with Crippen LogP contribution >= 0.6 is 0 Å². The Hall–Kier alpha value is -2.72. The van der Waals surface area contributed by atoms with Gasteiger partial charge in [0.2, 0.25) is 10.0 Å². The lowest BCUT2D eigenvalue weighted by Gasteiger charge is -2.15. The molecule has 0 aliphatic rings. The summed E-state index contributed by atoms with van der Waals surface area (Å²) in [6.07, 6.45) is 0. The Bertz CT molecular complexity index is 948. The fourth-order valence-corrected chi connectivity index (χ4v) is 3.05. The van der Waals surface area contributed by atoms with Gasteiger partial charge in [0.25, 0.3) is 0 Å². The molecule has 0 saturated carbocycles. The van der Waals surface area contributed by atoms with Gasteiger partial charge in [0, 0.05) is 18.7 Å². The summed E-state index contributed by atoms with van der Waals surface area (Å²) in [6.45, 7) is 1.98. The maximum atomic E-state index is 12.6. The summed E-state index contributed by atoms with van der Waals surface area (Å²) in [7, 11) is -3.74. The number of benzene rings is 2. The molecule has 158 valence electrons. The van der Waals surface area contributed by atoms with Gasteiger partial charge >= 0.3 is 6.61 Å². The molecule has 10 heteroatoms. The first kappa shape index (κ1) is 22.6. The summed E-state index contributed by atoms with van der Waals surface area (Å²) in [5, 5.41) is 11.2. The van der Waals surface area contributed by atoms with E-state index in [0.29, 0.717) is 18.1 Å². The predicted molar refractivity (Wildman–Crippen MR) is 107 cm³/mol. The Morgan fingerprint density at radius 2 is 1.86 bits per heavy atom. The third-order valence-corrected chi connectivity index (χ3v) is 4.82. The topological polar surface area (TPSA) is 106 Å². The highest BCUT2D eigenvalue weighted by Crippen LogP contribution is 2.22. The highest BCUT2D eigenvalue weighted by Gasteiger charge is 2.11. The van der Waals surface area contributed by atoms with Crippen molar-refractivity contribution in [2.45, 2.75) is 38.4 Å². The van der Waals surface area contributed by atoms with Crippen molar-refractivity contribution >= 4 is 16.0 Å². The maximum absolute atomic E-state index is 12.6.